The van der Waals surface area contributed by atoms with Gasteiger partial charge in [0.15, 0.2) is 0 Å². The molecule has 212 valence electrons. The summed E-state index contributed by atoms with van der Waals surface area (Å²) in [6.45, 7) is 0. The second-order valence-corrected chi connectivity index (χ2v) is 11.0. The van der Waals surface area contributed by atoms with Crippen molar-refractivity contribution < 1.29 is 0 Å². The highest BCUT2D eigenvalue weighted by atomic mass is 35.5. The summed E-state index contributed by atoms with van der Waals surface area (Å²) < 4.78 is 0. The van der Waals surface area contributed by atoms with Gasteiger partial charge in [-0.15, -0.1) is 0 Å². The lowest BCUT2D eigenvalue weighted by Gasteiger charge is -2.29. The van der Waals surface area contributed by atoms with Gasteiger partial charge in [-0.25, -0.2) is 0 Å². The molecule has 0 fully saturated rings. The molecular weight excluding hydrogens is 579 g/mol. The van der Waals surface area contributed by atoms with Gasteiger partial charge in [0.05, 0.1) is 12.1 Å². The topological polar surface area (TPSA) is 47.6 Å². The van der Waals surface area contributed by atoms with E-state index in [2.05, 4.69) is 12.1 Å². The Labute approximate surface area is 269 Å². The van der Waals surface area contributed by atoms with Crippen molar-refractivity contribution in [2.45, 2.75) is 10.8 Å². The molecule has 6 aromatic carbocycles. The van der Waals surface area contributed by atoms with Gasteiger partial charge in [-0.3, -0.25) is 0 Å². The number of rotatable bonds is 6. The molecule has 0 aliphatic heterocycles. The first-order valence-electron chi connectivity index (χ1n) is 14.1. The SMILES string of the molecule is N#CC(c1ccccc1)(c1ccccc1)c1ccccc1Cl.N#CC(c1ccccc1)(c1ccccc1)c1ccccc1Cl. The Hall–Kier alpha value is -5.12. The van der Waals surface area contributed by atoms with Crippen LogP contribution in [0.5, 0.6) is 0 Å². The van der Waals surface area contributed by atoms with Crippen LogP contribution < -0.4 is 0 Å². The van der Waals surface area contributed by atoms with Crippen molar-refractivity contribution in [3.8, 4) is 12.1 Å². The Morgan fingerprint density at radius 1 is 0.341 bits per heavy atom. The molecule has 2 nitrogen and oxygen atoms in total. The summed E-state index contributed by atoms with van der Waals surface area (Å²) in [6, 6.07) is 59.3. The van der Waals surface area contributed by atoms with Crippen LogP contribution in [0.25, 0.3) is 0 Å². The normalized spacial score (nSPS) is 10.9. The van der Waals surface area contributed by atoms with E-state index in [9.17, 15) is 10.5 Å². The van der Waals surface area contributed by atoms with Crippen molar-refractivity contribution >= 4 is 23.2 Å². The molecular formula is C40H28Cl2N2. The Morgan fingerprint density at radius 3 is 0.795 bits per heavy atom. The van der Waals surface area contributed by atoms with Crippen LogP contribution in [0.4, 0.5) is 0 Å². The standard InChI is InChI=1S/2C20H14ClN/c2*21-19-14-8-7-13-18(19)20(15-22,16-9-3-1-4-10-16)17-11-5-2-6-12-17/h2*1-14H. The van der Waals surface area contributed by atoms with E-state index in [0.29, 0.717) is 10.0 Å². The summed E-state index contributed by atoms with van der Waals surface area (Å²) in [7, 11) is 0. The molecule has 6 rings (SSSR count). The predicted octanol–water partition coefficient (Wildman–Crippen LogP) is 10.4. The Kier molecular flexibility index (Phi) is 9.59. The molecule has 0 atom stereocenters. The molecule has 0 N–H and O–H groups in total. The van der Waals surface area contributed by atoms with E-state index in [1.807, 2.05) is 170 Å². The fourth-order valence-corrected chi connectivity index (χ4v) is 6.17. The summed E-state index contributed by atoms with van der Waals surface area (Å²) in [5.41, 5.74) is 3.43. The lowest BCUT2D eigenvalue weighted by Crippen LogP contribution is -2.27. The molecule has 6 aromatic rings. The smallest absolute Gasteiger partial charge is 0.134 e. The largest absolute Gasteiger partial charge is 0.197 e. The summed E-state index contributed by atoms with van der Waals surface area (Å²) in [4.78, 5) is 0. The van der Waals surface area contributed by atoms with E-state index in [0.717, 1.165) is 33.4 Å². The molecule has 0 amide bonds. The minimum atomic E-state index is -0.916. The molecule has 0 aliphatic carbocycles. The second kappa shape index (κ2) is 13.9. The van der Waals surface area contributed by atoms with E-state index in [4.69, 9.17) is 23.2 Å². The first kappa shape index (κ1) is 30.3. The van der Waals surface area contributed by atoms with Gasteiger partial charge in [-0.2, -0.15) is 10.5 Å². The highest BCUT2D eigenvalue weighted by molar-refractivity contribution is 6.32. The van der Waals surface area contributed by atoms with Crippen molar-refractivity contribution in [2.24, 2.45) is 0 Å². The summed E-state index contributed by atoms with van der Waals surface area (Å²) in [6.07, 6.45) is 0. The lowest BCUT2D eigenvalue weighted by atomic mass is 9.70. The first-order valence-corrected chi connectivity index (χ1v) is 14.9. The molecule has 0 bridgehead atoms. The van der Waals surface area contributed by atoms with Crippen LogP contribution in [-0.2, 0) is 10.8 Å². The van der Waals surface area contributed by atoms with Crippen LogP contribution in [0.3, 0.4) is 0 Å². The van der Waals surface area contributed by atoms with Crippen molar-refractivity contribution in [3.63, 3.8) is 0 Å². The second-order valence-electron chi connectivity index (χ2n) is 10.1. The van der Waals surface area contributed by atoms with E-state index in [1.54, 1.807) is 0 Å². The number of hydrogen-bond donors (Lipinski definition) is 0. The number of nitrogens with zero attached hydrogens (tertiary/aromatic N) is 2. The van der Waals surface area contributed by atoms with Crippen molar-refractivity contribution in [3.05, 3.63) is 213 Å². The van der Waals surface area contributed by atoms with Crippen molar-refractivity contribution in [1.29, 1.82) is 10.5 Å². The highest BCUT2D eigenvalue weighted by Crippen LogP contribution is 2.43. The van der Waals surface area contributed by atoms with Crippen LogP contribution in [-0.4, -0.2) is 0 Å². The average molecular weight is 608 g/mol. The van der Waals surface area contributed by atoms with E-state index in [1.165, 1.54) is 0 Å². The molecule has 0 saturated carbocycles. The lowest BCUT2D eigenvalue weighted by molar-refractivity contribution is 0.795. The predicted molar refractivity (Wildman–Crippen MR) is 180 cm³/mol. The van der Waals surface area contributed by atoms with Crippen molar-refractivity contribution in [2.75, 3.05) is 0 Å². The maximum Gasteiger partial charge on any atom is 0.134 e. The minimum absolute atomic E-state index is 0.594. The molecule has 0 aromatic heterocycles. The average Bonchev–Trinajstić information content (AvgIpc) is 3.10. The third kappa shape index (κ3) is 5.75. The Bertz CT molecular complexity index is 1670. The molecule has 4 heteroatoms. The summed E-state index contributed by atoms with van der Waals surface area (Å²) in [5, 5.41) is 21.5. The Balaban J connectivity index is 0.000000175. The zero-order valence-electron chi connectivity index (χ0n) is 23.8. The van der Waals surface area contributed by atoms with E-state index >= 15 is 0 Å². The third-order valence-electron chi connectivity index (χ3n) is 7.72. The van der Waals surface area contributed by atoms with Gasteiger partial charge in [-0.1, -0.05) is 181 Å². The van der Waals surface area contributed by atoms with Crippen LogP contribution >= 0.6 is 23.2 Å². The van der Waals surface area contributed by atoms with Gasteiger partial charge in [0, 0.05) is 10.0 Å². The molecule has 0 aliphatic rings. The summed E-state index contributed by atoms with van der Waals surface area (Å²) >= 11 is 12.9. The maximum absolute atomic E-state index is 10.2. The fraction of sp³-hybridized carbons (Fsp3) is 0.0500. The number of hydrogen-bond acceptors (Lipinski definition) is 2. The first-order chi connectivity index (χ1) is 21.6. The number of benzene rings is 6. The zero-order valence-corrected chi connectivity index (χ0v) is 25.3. The van der Waals surface area contributed by atoms with Gasteiger partial charge < -0.3 is 0 Å². The van der Waals surface area contributed by atoms with Crippen LogP contribution in [0.1, 0.15) is 33.4 Å². The number of halogens is 2. The zero-order chi connectivity index (χ0) is 30.8. The quantitative estimate of drug-likeness (QED) is 0.177. The van der Waals surface area contributed by atoms with Gasteiger partial charge in [0.2, 0.25) is 0 Å². The molecule has 0 spiro atoms. The van der Waals surface area contributed by atoms with Gasteiger partial charge in [0.25, 0.3) is 0 Å². The number of nitriles is 2. The van der Waals surface area contributed by atoms with E-state index < -0.39 is 10.8 Å². The van der Waals surface area contributed by atoms with Gasteiger partial charge >= 0.3 is 0 Å². The molecule has 0 saturated heterocycles. The fourth-order valence-electron chi connectivity index (χ4n) is 5.62. The summed E-state index contributed by atoms with van der Waals surface area (Å²) in [5.74, 6) is 0. The van der Waals surface area contributed by atoms with Crippen LogP contribution in [0, 0.1) is 22.7 Å². The van der Waals surface area contributed by atoms with E-state index in [-0.39, 0.29) is 0 Å². The monoisotopic (exact) mass is 606 g/mol. The van der Waals surface area contributed by atoms with Gasteiger partial charge in [0.1, 0.15) is 10.8 Å². The maximum atomic E-state index is 10.2. The highest BCUT2D eigenvalue weighted by Gasteiger charge is 2.39. The third-order valence-corrected chi connectivity index (χ3v) is 8.38. The van der Waals surface area contributed by atoms with Crippen molar-refractivity contribution in [1.82, 2.24) is 0 Å². The Morgan fingerprint density at radius 2 is 0.568 bits per heavy atom. The van der Waals surface area contributed by atoms with Crippen LogP contribution in [0.15, 0.2) is 170 Å². The van der Waals surface area contributed by atoms with Gasteiger partial charge in [-0.05, 0) is 45.5 Å². The molecule has 0 heterocycles. The molecule has 0 radical (unpaired) electrons. The molecule has 0 unspecified atom stereocenters. The van der Waals surface area contributed by atoms with Crippen LogP contribution in [0.2, 0.25) is 10.0 Å². The minimum Gasteiger partial charge on any atom is -0.197 e. The molecule has 44 heavy (non-hydrogen) atoms.